The molecule has 1 aliphatic rings. The fraction of sp³-hybridized carbons (Fsp3) is 0.300. The molecule has 2 amide bonds. The van der Waals surface area contributed by atoms with Gasteiger partial charge in [-0.1, -0.05) is 44.2 Å². The molecule has 0 radical (unpaired) electrons. The van der Waals surface area contributed by atoms with Crippen molar-refractivity contribution in [1.29, 1.82) is 0 Å². The van der Waals surface area contributed by atoms with Gasteiger partial charge in [-0.2, -0.15) is 0 Å². The van der Waals surface area contributed by atoms with Gasteiger partial charge in [-0.3, -0.25) is 9.59 Å². The van der Waals surface area contributed by atoms with Gasteiger partial charge in [0, 0.05) is 5.69 Å². The molecule has 1 atom stereocenters. The molecule has 2 aromatic carbocycles. The maximum Gasteiger partial charge on any atom is 0.243 e. The summed E-state index contributed by atoms with van der Waals surface area (Å²) >= 11 is 0. The molecule has 0 bridgehead atoms. The topological polar surface area (TPSA) is 92.3 Å². The summed E-state index contributed by atoms with van der Waals surface area (Å²) in [5.74, 6) is -0.999. The normalized spacial score (nSPS) is 17.9. The van der Waals surface area contributed by atoms with Gasteiger partial charge in [0.1, 0.15) is 0 Å². The first kappa shape index (κ1) is 19.1. The average Bonchev–Trinajstić information content (AvgIpc) is 2.60. The highest BCUT2D eigenvalue weighted by Crippen LogP contribution is 2.32. The number of carbonyl (C=O) groups excluding carboxylic acids is 2. The Morgan fingerprint density at radius 3 is 2.56 bits per heavy atom. The van der Waals surface area contributed by atoms with Gasteiger partial charge < -0.3 is 10.6 Å². The van der Waals surface area contributed by atoms with Gasteiger partial charge in [0.05, 0.1) is 17.0 Å². The predicted octanol–water partition coefficient (Wildman–Crippen LogP) is 3.24. The van der Waals surface area contributed by atoms with Crippen molar-refractivity contribution >= 4 is 33.0 Å². The van der Waals surface area contributed by atoms with Crippen molar-refractivity contribution in [2.24, 2.45) is 0 Å². The number of benzene rings is 2. The summed E-state index contributed by atoms with van der Waals surface area (Å²) in [7, 11) is -3.93. The van der Waals surface area contributed by atoms with E-state index < -0.39 is 33.3 Å². The molecular formula is C20H22N2O4S. The van der Waals surface area contributed by atoms with Crippen molar-refractivity contribution < 1.29 is 18.0 Å². The van der Waals surface area contributed by atoms with Crippen LogP contribution in [0.25, 0.3) is 0 Å². The van der Waals surface area contributed by atoms with Gasteiger partial charge in [-0.15, -0.1) is 0 Å². The van der Waals surface area contributed by atoms with E-state index in [0.29, 0.717) is 5.69 Å². The van der Waals surface area contributed by atoms with E-state index >= 15 is 0 Å². The number of aryl methyl sites for hydroxylation is 1. The number of anilines is 2. The lowest BCUT2D eigenvalue weighted by Crippen LogP contribution is -2.42. The lowest BCUT2D eigenvalue weighted by Gasteiger charge is -2.24. The maximum atomic E-state index is 12.8. The van der Waals surface area contributed by atoms with Crippen LogP contribution < -0.4 is 10.6 Å². The number of nitrogens with one attached hydrogen (secondary N) is 2. The first-order valence-electron chi connectivity index (χ1n) is 8.75. The first-order valence-corrected chi connectivity index (χ1v) is 10.3. The quantitative estimate of drug-likeness (QED) is 0.844. The van der Waals surface area contributed by atoms with Crippen LogP contribution in [0.5, 0.6) is 0 Å². The number of para-hydroxylation sites is 2. The smallest absolute Gasteiger partial charge is 0.243 e. The summed E-state index contributed by atoms with van der Waals surface area (Å²) in [5.41, 5.74) is 2.77. The van der Waals surface area contributed by atoms with Gasteiger partial charge in [0.25, 0.3) is 0 Å². The van der Waals surface area contributed by atoms with Crippen LogP contribution in [0.2, 0.25) is 0 Å². The number of hydrogen-bond acceptors (Lipinski definition) is 4. The van der Waals surface area contributed by atoms with Crippen LogP contribution in [0.3, 0.4) is 0 Å². The average molecular weight is 386 g/mol. The zero-order chi connectivity index (χ0) is 19.8. The lowest BCUT2D eigenvalue weighted by atomic mass is 9.98. The molecule has 1 heterocycles. The number of hydrogen-bond donors (Lipinski definition) is 2. The molecule has 142 valence electrons. The highest BCUT2D eigenvalue weighted by atomic mass is 32.2. The van der Waals surface area contributed by atoms with E-state index in [0.717, 1.165) is 11.1 Å². The van der Waals surface area contributed by atoms with Gasteiger partial charge >= 0.3 is 0 Å². The summed E-state index contributed by atoms with van der Waals surface area (Å²) in [4.78, 5) is 25.0. The number of amides is 2. The van der Waals surface area contributed by atoms with Crippen molar-refractivity contribution in [3.8, 4) is 0 Å². The monoisotopic (exact) mass is 386 g/mol. The Balaban J connectivity index is 1.86. The number of fused-ring (bicyclic) bond motifs is 1. The molecule has 2 N–H and O–H groups in total. The van der Waals surface area contributed by atoms with Crippen molar-refractivity contribution in [2.75, 3.05) is 10.6 Å². The summed E-state index contributed by atoms with van der Waals surface area (Å²) in [6, 6.07) is 11.9. The minimum atomic E-state index is -3.93. The molecule has 27 heavy (non-hydrogen) atoms. The summed E-state index contributed by atoms with van der Waals surface area (Å²) < 4.78 is 25.6. The molecule has 3 rings (SSSR count). The second-order valence-corrected chi connectivity index (χ2v) is 9.06. The molecule has 0 aliphatic carbocycles. The van der Waals surface area contributed by atoms with E-state index in [9.17, 15) is 18.0 Å². The van der Waals surface area contributed by atoms with E-state index in [-0.39, 0.29) is 16.5 Å². The Morgan fingerprint density at radius 2 is 1.85 bits per heavy atom. The molecule has 0 fully saturated rings. The van der Waals surface area contributed by atoms with E-state index in [1.54, 1.807) is 12.1 Å². The third-order valence-corrected chi connectivity index (χ3v) is 6.78. The highest BCUT2D eigenvalue weighted by molar-refractivity contribution is 7.93. The Bertz CT molecular complexity index is 1010. The summed E-state index contributed by atoms with van der Waals surface area (Å²) in [6.07, 6.45) is -0.436. The Hall–Kier alpha value is -2.67. The van der Waals surface area contributed by atoms with Crippen LogP contribution >= 0.6 is 0 Å². The van der Waals surface area contributed by atoms with Crippen LogP contribution in [0, 0.1) is 6.92 Å². The number of sulfone groups is 1. The molecule has 0 saturated heterocycles. The van der Waals surface area contributed by atoms with Crippen LogP contribution in [-0.4, -0.2) is 25.5 Å². The lowest BCUT2D eigenvalue weighted by molar-refractivity contribution is -0.121. The largest absolute Gasteiger partial charge is 0.326 e. The van der Waals surface area contributed by atoms with Crippen molar-refractivity contribution in [3.05, 3.63) is 53.6 Å². The predicted molar refractivity (Wildman–Crippen MR) is 105 cm³/mol. The zero-order valence-electron chi connectivity index (χ0n) is 15.4. The molecular weight excluding hydrogens is 364 g/mol. The van der Waals surface area contributed by atoms with Crippen LogP contribution in [-0.2, 0) is 19.4 Å². The zero-order valence-corrected chi connectivity index (χ0v) is 16.3. The molecule has 0 unspecified atom stereocenters. The number of carbonyl (C=O) groups is 2. The van der Waals surface area contributed by atoms with Crippen molar-refractivity contribution in [2.45, 2.75) is 43.3 Å². The molecule has 0 spiro atoms. The SMILES string of the molecule is Cc1cccc(C(C)C)c1NC(=O)C[C@H]1C(=O)Nc2ccccc2S1(=O)=O. The Kier molecular flexibility index (Phi) is 5.06. The van der Waals surface area contributed by atoms with Crippen LogP contribution in [0.15, 0.2) is 47.4 Å². The van der Waals surface area contributed by atoms with Gasteiger partial charge in [-0.05, 0) is 36.1 Å². The second kappa shape index (κ2) is 7.15. The maximum absolute atomic E-state index is 12.8. The molecule has 0 aromatic heterocycles. The van der Waals surface area contributed by atoms with E-state index in [1.807, 2.05) is 39.0 Å². The van der Waals surface area contributed by atoms with Crippen molar-refractivity contribution in [1.82, 2.24) is 0 Å². The second-order valence-electron chi connectivity index (χ2n) is 6.97. The third kappa shape index (κ3) is 3.60. The van der Waals surface area contributed by atoms with Crippen LogP contribution in [0.1, 0.15) is 37.3 Å². The Morgan fingerprint density at radius 1 is 1.15 bits per heavy atom. The number of rotatable bonds is 4. The summed E-state index contributed by atoms with van der Waals surface area (Å²) in [5, 5.41) is 3.94. The van der Waals surface area contributed by atoms with E-state index in [2.05, 4.69) is 10.6 Å². The third-order valence-electron chi connectivity index (χ3n) is 4.68. The summed E-state index contributed by atoms with van der Waals surface area (Å²) in [6.45, 7) is 5.91. The molecule has 6 nitrogen and oxygen atoms in total. The fourth-order valence-corrected chi connectivity index (χ4v) is 4.94. The van der Waals surface area contributed by atoms with E-state index in [4.69, 9.17) is 0 Å². The van der Waals surface area contributed by atoms with E-state index in [1.165, 1.54) is 12.1 Å². The standard InChI is InChI=1S/C20H22N2O4S/c1-12(2)14-8-6-7-13(3)19(14)22-18(23)11-17-20(24)21-15-9-4-5-10-16(15)27(17,25)26/h4-10,12,17H,11H2,1-3H3,(H,21,24)(H,22,23)/t17-/m0/s1. The van der Waals surface area contributed by atoms with Gasteiger partial charge in [0.15, 0.2) is 15.1 Å². The molecule has 2 aromatic rings. The minimum Gasteiger partial charge on any atom is -0.326 e. The highest BCUT2D eigenvalue weighted by Gasteiger charge is 2.41. The van der Waals surface area contributed by atoms with Gasteiger partial charge in [0.2, 0.25) is 11.8 Å². The van der Waals surface area contributed by atoms with Gasteiger partial charge in [-0.25, -0.2) is 8.42 Å². The van der Waals surface area contributed by atoms with Crippen molar-refractivity contribution in [3.63, 3.8) is 0 Å². The fourth-order valence-electron chi connectivity index (χ4n) is 3.23. The molecule has 7 heteroatoms. The van der Waals surface area contributed by atoms with Crippen LogP contribution in [0.4, 0.5) is 11.4 Å². The molecule has 1 aliphatic heterocycles. The molecule has 0 saturated carbocycles. The Labute approximate surface area is 158 Å². The minimum absolute atomic E-state index is 0.0427. The first-order chi connectivity index (χ1) is 12.7.